The second-order valence-electron chi connectivity index (χ2n) is 7.23. The van der Waals surface area contributed by atoms with Crippen molar-refractivity contribution in [3.05, 3.63) is 34.9 Å². The van der Waals surface area contributed by atoms with Crippen LogP contribution in [0.15, 0.2) is 18.2 Å². The van der Waals surface area contributed by atoms with Gasteiger partial charge in [-0.1, -0.05) is 18.2 Å². The van der Waals surface area contributed by atoms with Gasteiger partial charge < -0.3 is 10.5 Å². The number of amides is 2. The molecule has 0 spiro atoms. The maximum absolute atomic E-state index is 12.3. The van der Waals surface area contributed by atoms with Gasteiger partial charge in [-0.2, -0.15) is 0 Å². The van der Waals surface area contributed by atoms with Crippen molar-refractivity contribution in [1.82, 2.24) is 4.90 Å². The fraction of sp³-hybridized carbons (Fsp3) is 0.579. The molecule has 0 radical (unpaired) electrons. The molecule has 0 aromatic heterocycles. The normalized spacial score (nSPS) is 12.6. The largest absolute Gasteiger partial charge is 0.443 e. The number of hydrogen-bond acceptors (Lipinski definition) is 4. The molecule has 0 unspecified atom stereocenters. The molecule has 0 saturated carbocycles. The number of carbonyl (C=O) groups is 2. The molecule has 1 rings (SSSR count). The van der Waals surface area contributed by atoms with Crippen LogP contribution in [0.1, 0.15) is 50.8 Å². The van der Waals surface area contributed by atoms with Gasteiger partial charge >= 0.3 is 6.09 Å². The average Bonchev–Trinajstić information content (AvgIpc) is 2.43. The Morgan fingerprint density at radius 3 is 2.21 bits per heavy atom. The zero-order valence-electron chi connectivity index (χ0n) is 15.7. The standard InChI is InChI=1S/C19H30N2O3/c1-13-9-7-10-14(2)16(13)11-8-12-21(17(22)15(3)20)18(23)24-19(4,5)6/h7,9-10,15H,8,11-12,20H2,1-6H3/t15-/m1/s1. The van der Waals surface area contributed by atoms with Crippen molar-refractivity contribution in [2.24, 2.45) is 5.73 Å². The molecule has 0 aliphatic heterocycles. The summed E-state index contributed by atoms with van der Waals surface area (Å²) in [5, 5.41) is 0. The summed E-state index contributed by atoms with van der Waals surface area (Å²) in [7, 11) is 0. The fourth-order valence-electron chi connectivity index (χ4n) is 2.51. The summed E-state index contributed by atoms with van der Waals surface area (Å²) >= 11 is 0. The van der Waals surface area contributed by atoms with Gasteiger partial charge in [0, 0.05) is 6.54 Å². The number of aryl methyl sites for hydroxylation is 2. The second-order valence-corrected chi connectivity index (χ2v) is 7.23. The van der Waals surface area contributed by atoms with Crippen molar-refractivity contribution in [3.63, 3.8) is 0 Å². The highest BCUT2D eigenvalue weighted by Crippen LogP contribution is 2.16. The van der Waals surface area contributed by atoms with E-state index in [0.29, 0.717) is 13.0 Å². The Hall–Kier alpha value is -1.88. The lowest BCUT2D eigenvalue weighted by Gasteiger charge is -2.27. The second kappa shape index (κ2) is 8.29. The smallest absolute Gasteiger partial charge is 0.417 e. The van der Waals surface area contributed by atoms with E-state index in [-0.39, 0.29) is 0 Å². The quantitative estimate of drug-likeness (QED) is 0.896. The molecule has 134 valence electrons. The number of carbonyl (C=O) groups excluding carboxylic acids is 2. The first-order valence-corrected chi connectivity index (χ1v) is 8.38. The van der Waals surface area contributed by atoms with E-state index in [1.165, 1.54) is 16.7 Å². The summed E-state index contributed by atoms with van der Waals surface area (Å²) < 4.78 is 5.33. The number of nitrogens with zero attached hydrogens (tertiary/aromatic N) is 1. The molecule has 0 aliphatic rings. The van der Waals surface area contributed by atoms with E-state index in [2.05, 4.69) is 26.0 Å². The summed E-state index contributed by atoms with van der Waals surface area (Å²) in [6.07, 6.45) is 0.833. The zero-order chi connectivity index (χ0) is 18.5. The van der Waals surface area contributed by atoms with Gasteiger partial charge in [0.05, 0.1) is 6.04 Å². The maximum Gasteiger partial charge on any atom is 0.417 e. The van der Waals surface area contributed by atoms with Gasteiger partial charge in [-0.15, -0.1) is 0 Å². The van der Waals surface area contributed by atoms with Crippen molar-refractivity contribution in [3.8, 4) is 0 Å². The lowest BCUT2D eigenvalue weighted by Crippen LogP contribution is -2.47. The van der Waals surface area contributed by atoms with Gasteiger partial charge in [0.25, 0.3) is 0 Å². The van der Waals surface area contributed by atoms with Crippen LogP contribution in [0.5, 0.6) is 0 Å². The monoisotopic (exact) mass is 334 g/mol. The van der Waals surface area contributed by atoms with Crippen molar-refractivity contribution >= 4 is 12.0 Å². The first kappa shape index (κ1) is 20.2. The molecule has 5 heteroatoms. The third-order valence-electron chi connectivity index (χ3n) is 3.72. The third kappa shape index (κ3) is 5.96. The number of ether oxygens (including phenoxy) is 1. The van der Waals surface area contributed by atoms with Gasteiger partial charge in [0.1, 0.15) is 5.60 Å². The topological polar surface area (TPSA) is 72.6 Å². The fourth-order valence-corrected chi connectivity index (χ4v) is 2.51. The first-order valence-electron chi connectivity index (χ1n) is 8.38. The molecule has 0 fully saturated rings. The molecule has 1 aromatic carbocycles. The minimum atomic E-state index is -0.738. The summed E-state index contributed by atoms with van der Waals surface area (Å²) in [4.78, 5) is 25.7. The van der Waals surface area contributed by atoms with E-state index in [1.807, 2.05) is 6.07 Å². The number of hydrogen-bond donors (Lipinski definition) is 1. The Morgan fingerprint density at radius 2 is 1.75 bits per heavy atom. The molecule has 0 saturated heterocycles. The van der Waals surface area contributed by atoms with Crippen molar-refractivity contribution in [2.75, 3.05) is 6.54 Å². The molecule has 24 heavy (non-hydrogen) atoms. The highest BCUT2D eigenvalue weighted by Gasteiger charge is 2.28. The molecule has 2 amide bonds. The lowest BCUT2D eigenvalue weighted by atomic mass is 9.98. The van der Waals surface area contributed by atoms with Gasteiger partial charge in [-0.3, -0.25) is 4.79 Å². The molecular formula is C19H30N2O3. The van der Waals surface area contributed by atoms with Gasteiger partial charge in [0.15, 0.2) is 0 Å². The summed E-state index contributed by atoms with van der Waals surface area (Å²) in [5.41, 5.74) is 8.72. The van der Waals surface area contributed by atoms with E-state index >= 15 is 0 Å². The minimum Gasteiger partial charge on any atom is -0.443 e. The lowest BCUT2D eigenvalue weighted by molar-refractivity contribution is -0.131. The predicted molar refractivity (Wildman–Crippen MR) is 95.8 cm³/mol. The van der Waals surface area contributed by atoms with E-state index in [4.69, 9.17) is 10.5 Å². The summed E-state index contributed by atoms with van der Waals surface area (Å²) in [5.74, 6) is -0.411. The predicted octanol–water partition coefficient (Wildman–Crippen LogP) is 3.35. The van der Waals surface area contributed by atoms with E-state index in [1.54, 1.807) is 27.7 Å². The minimum absolute atomic E-state index is 0.295. The van der Waals surface area contributed by atoms with Crippen LogP contribution >= 0.6 is 0 Å². The summed E-state index contributed by atoms with van der Waals surface area (Å²) in [6, 6.07) is 5.43. The van der Waals surface area contributed by atoms with Crippen LogP contribution in [0, 0.1) is 13.8 Å². The molecule has 2 N–H and O–H groups in total. The van der Waals surface area contributed by atoms with Gasteiger partial charge in [-0.25, -0.2) is 9.69 Å². The van der Waals surface area contributed by atoms with Crippen LogP contribution in [0.2, 0.25) is 0 Å². The Balaban J connectivity index is 2.79. The number of rotatable bonds is 5. The Kier molecular flexibility index (Phi) is 6.96. The highest BCUT2D eigenvalue weighted by atomic mass is 16.6. The van der Waals surface area contributed by atoms with E-state index in [9.17, 15) is 9.59 Å². The Morgan fingerprint density at radius 1 is 1.21 bits per heavy atom. The van der Waals surface area contributed by atoms with Gasteiger partial charge in [-0.05, 0) is 71.1 Å². The van der Waals surface area contributed by atoms with Crippen LogP contribution in [0.3, 0.4) is 0 Å². The van der Waals surface area contributed by atoms with Crippen molar-refractivity contribution < 1.29 is 14.3 Å². The Labute approximate surface area is 145 Å². The first-order chi connectivity index (χ1) is 11.0. The molecule has 5 nitrogen and oxygen atoms in total. The molecule has 1 atom stereocenters. The van der Waals surface area contributed by atoms with Crippen LogP contribution in [0.25, 0.3) is 0 Å². The molecule has 0 bridgehead atoms. The van der Waals surface area contributed by atoms with E-state index < -0.39 is 23.6 Å². The van der Waals surface area contributed by atoms with Gasteiger partial charge in [0.2, 0.25) is 5.91 Å². The summed E-state index contributed by atoms with van der Waals surface area (Å²) in [6.45, 7) is 11.3. The Bertz CT molecular complexity index is 569. The SMILES string of the molecule is Cc1cccc(C)c1CCCN(C(=O)OC(C)(C)C)C(=O)[C@@H](C)N. The average molecular weight is 334 g/mol. The molecule has 0 aliphatic carbocycles. The molecule has 0 heterocycles. The van der Waals surface area contributed by atoms with Crippen molar-refractivity contribution in [1.29, 1.82) is 0 Å². The molecule has 1 aromatic rings. The number of imide groups is 1. The van der Waals surface area contributed by atoms with Crippen LogP contribution in [0.4, 0.5) is 4.79 Å². The number of benzene rings is 1. The number of nitrogens with two attached hydrogens (primary N) is 1. The zero-order valence-corrected chi connectivity index (χ0v) is 15.7. The van der Waals surface area contributed by atoms with Crippen LogP contribution in [-0.2, 0) is 16.0 Å². The van der Waals surface area contributed by atoms with Crippen LogP contribution < -0.4 is 5.73 Å². The highest BCUT2D eigenvalue weighted by molar-refractivity contribution is 5.94. The maximum atomic E-state index is 12.3. The van der Waals surface area contributed by atoms with Crippen LogP contribution in [-0.4, -0.2) is 35.1 Å². The van der Waals surface area contributed by atoms with Crippen molar-refractivity contribution in [2.45, 2.75) is 66.0 Å². The molecular weight excluding hydrogens is 304 g/mol. The third-order valence-corrected chi connectivity index (χ3v) is 3.72. The van der Waals surface area contributed by atoms with E-state index in [0.717, 1.165) is 11.3 Å².